The Morgan fingerprint density at radius 2 is 1.88 bits per heavy atom. The van der Waals surface area contributed by atoms with E-state index in [9.17, 15) is 22.4 Å². The van der Waals surface area contributed by atoms with E-state index in [-0.39, 0.29) is 23.8 Å². The van der Waals surface area contributed by atoms with E-state index in [1.54, 1.807) is 22.8 Å². The van der Waals surface area contributed by atoms with E-state index in [0.29, 0.717) is 17.5 Å². The molecule has 0 saturated heterocycles. The van der Waals surface area contributed by atoms with Gasteiger partial charge >= 0.3 is 6.18 Å². The van der Waals surface area contributed by atoms with Crippen LogP contribution >= 0.6 is 11.8 Å². The monoisotopic (exact) mass is 466 g/mol. The molecule has 3 aromatic rings. The Balaban J connectivity index is 1.60. The molecule has 2 aromatic carbocycles. The van der Waals surface area contributed by atoms with Gasteiger partial charge in [-0.05, 0) is 36.4 Å². The van der Waals surface area contributed by atoms with Crippen molar-refractivity contribution in [2.24, 2.45) is 0 Å². The maximum absolute atomic E-state index is 13.7. The topological polar surface area (TPSA) is 69.0 Å². The lowest BCUT2D eigenvalue weighted by atomic mass is 10.2. The first-order valence-electron chi connectivity index (χ1n) is 9.28. The number of hydrogen-bond acceptors (Lipinski definition) is 5. The van der Waals surface area contributed by atoms with Gasteiger partial charge in [-0.3, -0.25) is 9.36 Å². The van der Waals surface area contributed by atoms with Crippen LogP contribution in [0.25, 0.3) is 0 Å². The number of rotatable bonds is 9. The molecule has 1 heterocycles. The maximum atomic E-state index is 13.7. The SMILES string of the molecule is C=CCn1c(COc2ccccc2F)nnc1SCC(=O)Nc1ccc(C(F)(F)F)cc1. The summed E-state index contributed by atoms with van der Waals surface area (Å²) in [4.78, 5) is 12.2. The van der Waals surface area contributed by atoms with Crippen molar-refractivity contribution in [3.63, 3.8) is 0 Å². The number of anilines is 1. The minimum atomic E-state index is -4.44. The number of nitrogens with zero attached hydrogens (tertiary/aromatic N) is 3. The second-order valence-electron chi connectivity index (χ2n) is 6.43. The number of amides is 1. The molecule has 168 valence electrons. The van der Waals surface area contributed by atoms with E-state index in [2.05, 4.69) is 22.1 Å². The molecule has 0 aliphatic heterocycles. The molecule has 0 saturated carbocycles. The largest absolute Gasteiger partial charge is 0.483 e. The predicted octanol–water partition coefficient (Wildman–Crippen LogP) is 4.93. The number of allylic oxidation sites excluding steroid dienone is 1. The zero-order chi connectivity index (χ0) is 23.1. The second-order valence-corrected chi connectivity index (χ2v) is 7.37. The molecule has 1 aromatic heterocycles. The van der Waals surface area contributed by atoms with E-state index >= 15 is 0 Å². The zero-order valence-electron chi connectivity index (χ0n) is 16.6. The van der Waals surface area contributed by atoms with E-state index in [1.807, 2.05) is 0 Å². The highest BCUT2D eigenvalue weighted by atomic mass is 32.2. The molecule has 0 unspecified atom stereocenters. The van der Waals surface area contributed by atoms with Gasteiger partial charge in [-0.1, -0.05) is 30.0 Å². The molecular formula is C21H18F4N4O2S. The quantitative estimate of drug-likeness (QED) is 0.275. The number of carbonyl (C=O) groups is 1. The van der Waals surface area contributed by atoms with Gasteiger partial charge in [0, 0.05) is 12.2 Å². The highest BCUT2D eigenvalue weighted by Gasteiger charge is 2.30. The smallest absolute Gasteiger partial charge is 0.416 e. The van der Waals surface area contributed by atoms with Crippen LogP contribution in [0.5, 0.6) is 5.75 Å². The first-order valence-corrected chi connectivity index (χ1v) is 10.3. The van der Waals surface area contributed by atoms with E-state index in [0.717, 1.165) is 23.9 Å². The van der Waals surface area contributed by atoms with Crippen molar-refractivity contribution in [2.45, 2.75) is 24.5 Å². The van der Waals surface area contributed by atoms with Crippen LogP contribution in [0.4, 0.5) is 23.2 Å². The summed E-state index contributed by atoms with van der Waals surface area (Å²) < 4.78 is 58.7. The molecule has 0 bridgehead atoms. The Labute approximate surface area is 185 Å². The molecule has 1 N–H and O–H groups in total. The molecule has 0 fully saturated rings. The second kappa shape index (κ2) is 10.3. The fourth-order valence-electron chi connectivity index (χ4n) is 2.62. The third-order valence-corrected chi connectivity index (χ3v) is 5.09. The Kier molecular flexibility index (Phi) is 7.52. The summed E-state index contributed by atoms with van der Waals surface area (Å²) in [5, 5.41) is 11.0. The minimum Gasteiger partial charge on any atom is -0.483 e. The Hall–Kier alpha value is -3.34. The highest BCUT2D eigenvalue weighted by molar-refractivity contribution is 7.99. The van der Waals surface area contributed by atoms with Crippen LogP contribution in [-0.2, 0) is 24.1 Å². The van der Waals surface area contributed by atoms with Crippen LogP contribution < -0.4 is 10.1 Å². The normalized spacial score (nSPS) is 11.2. The summed E-state index contributed by atoms with van der Waals surface area (Å²) in [7, 11) is 0. The third kappa shape index (κ3) is 6.10. The number of halogens is 4. The van der Waals surface area contributed by atoms with E-state index < -0.39 is 23.5 Å². The lowest BCUT2D eigenvalue weighted by Gasteiger charge is -2.10. The van der Waals surface area contributed by atoms with Crippen molar-refractivity contribution in [2.75, 3.05) is 11.1 Å². The Bertz CT molecular complexity index is 1080. The number of benzene rings is 2. The van der Waals surface area contributed by atoms with Crippen LogP contribution in [0.3, 0.4) is 0 Å². The Morgan fingerprint density at radius 3 is 2.53 bits per heavy atom. The fourth-order valence-corrected chi connectivity index (χ4v) is 3.39. The number of carbonyl (C=O) groups excluding carboxylic acids is 1. The third-order valence-electron chi connectivity index (χ3n) is 4.13. The van der Waals surface area contributed by atoms with Crippen LogP contribution in [0, 0.1) is 5.82 Å². The summed E-state index contributed by atoms with van der Waals surface area (Å²) in [6.45, 7) is 3.98. The van der Waals surface area contributed by atoms with E-state index in [1.165, 1.54) is 24.3 Å². The summed E-state index contributed by atoms with van der Waals surface area (Å²) in [5.74, 6) is -0.488. The molecule has 11 heteroatoms. The van der Waals surface area contributed by atoms with Gasteiger partial charge in [0.05, 0.1) is 11.3 Å². The molecule has 0 aliphatic carbocycles. The van der Waals surface area contributed by atoms with Gasteiger partial charge in [-0.15, -0.1) is 16.8 Å². The summed E-state index contributed by atoms with van der Waals surface area (Å²) in [6, 6.07) is 10.1. The molecule has 0 spiro atoms. The van der Waals surface area contributed by atoms with Crippen molar-refractivity contribution in [3.8, 4) is 5.75 Å². The number of nitrogens with one attached hydrogen (secondary N) is 1. The average Bonchev–Trinajstić information content (AvgIpc) is 3.13. The lowest BCUT2D eigenvalue weighted by Crippen LogP contribution is -2.15. The van der Waals surface area contributed by atoms with Crippen molar-refractivity contribution in [1.29, 1.82) is 0 Å². The van der Waals surface area contributed by atoms with Crippen molar-refractivity contribution < 1.29 is 27.1 Å². The fraction of sp³-hybridized carbons (Fsp3) is 0.190. The average molecular weight is 466 g/mol. The molecule has 0 radical (unpaired) electrons. The summed E-state index contributed by atoms with van der Waals surface area (Å²) in [6.07, 6.45) is -2.83. The number of thioether (sulfide) groups is 1. The zero-order valence-corrected chi connectivity index (χ0v) is 17.4. The van der Waals surface area contributed by atoms with Crippen LogP contribution in [-0.4, -0.2) is 26.4 Å². The van der Waals surface area contributed by atoms with Crippen molar-refractivity contribution in [1.82, 2.24) is 14.8 Å². The lowest BCUT2D eigenvalue weighted by molar-refractivity contribution is -0.137. The summed E-state index contributed by atoms with van der Waals surface area (Å²) >= 11 is 1.09. The first-order chi connectivity index (χ1) is 15.3. The van der Waals surface area contributed by atoms with Gasteiger partial charge in [0.1, 0.15) is 6.61 Å². The molecule has 1 amide bonds. The van der Waals surface area contributed by atoms with Gasteiger partial charge in [0.25, 0.3) is 0 Å². The van der Waals surface area contributed by atoms with Crippen LogP contribution in [0.2, 0.25) is 0 Å². The summed E-state index contributed by atoms with van der Waals surface area (Å²) in [5.41, 5.74) is -0.553. The predicted molar refractivity (Wildman–Crippen MR) is 112 cm³/mol. The molecule has 0 aliphatic rings. The van der Waals surface area contributed by atoms with E-state index in [4.69, 9.17) is 4.74 Å². The molecule has 3 rings (SSSR count). The minimum absolute atomic E-state index is 0.0416. The number of hydrogen-bond donors (Lipinski definition) is 1. The highest BCUT2D eigenvalue weighted by Crippen LogP contribution is 2.30. The van der Waals surface area contributed by atoms with Gasteiger partial charge in [0.2, 0.25) is 5.91 Å². The van der Waals surface area contributed by atoms with Gasteiger partial charge in [-0.25, -0.2) is 4.39 Å². The van der Waals surface area contributed by atoms with Crippen LogP contribution in [0.15, 0.2) is 66.3 Å². The van der Waals surface area contributed by atoms with Gasteiger partial charge < -0.3 is 10.1 Å². The first kappa shape index (κ1) is 23.3. The maximum Gasteiger partial charge on any atom is 0.416 e. The number of ether oxygens (including phenoxy) is 1. The number of alkyl halides is 3. The van der Waals surface area contributed by atoms with Crippen molar-refractivity contribution >= 4 is 23.4 Å². The van der Waals surface area contributed by atoms with Crippen LogP contribution in [0.1, 0.15) is 11.4 Å². The van der Waals surface area contributed by atoms with Crippen molar-refractivity contribution in [3.05, 3.63) is 78.4 Å². The number of para-hydroxylation sites is 1. The molecule has 6 nitrogen and oxygen atoms in total. The molecule has 0 atom stereocenters. The van der Waals surface area contributed by atoms with Gasteiger partial charge in [0.15, 0.2) is 22.5 Å². The molecule has 32 heavy (non-hydrogen) atoms. The van der Waals surface area contributed by atoms with Gasteiger partial charge in [-0.2, -0.15) is 13.2 Å². The Morgan fingerprint density at radius 1 is 1.16 bits per heavy atom. The molecular weight excluding hydrogens is 448 g/mol. The standard InChI is InChI=1S/C21H18F4N4O2S/c1-2-11-29-18(12-31-17-6-4-3-5-16(17)22)27-28-20(29)32-13-19(30)26-15-9-7-14(8-10-15)21(23,24)25/h2-10H,1,11-13H2,(H,26,30). The number of aromatic nitrogens is 3.